The van der Waals surface area contributed by atoms with Gasteiger partial charge in [0.15, 0.2) is 10.7 Å². The molecule has 1 aromatic heterocycles. The highest BCUT2D eigenvalue weighted by molar-refractivity contribution is 7.80. The zero-order valence-electron chi connectivity index (χ0n) is 21.1. The molecule has 0 aliphatic carbocycles. The van der Waals surface area contributed by atoms with E-state index in [1.807, 2.05) is 12.1 Å². The Balaban J connectivity index is 1.44. The standard InChI is InChI=1S/C29H30ClN3O3S/c1-4-6-15-35-22-11-7-19(8-12-22)27(34)33-29(37)32-24-17-21(9-13-23(24)30)28-31-25-16-20(18(3)5-2)10-14-26(25)36-28/h7-14,16-18H,4-6,15H2,1-3H3,(H2,32,33,34,37)/t18-/m1/s1. The van der Waals surface area contributed by atoms with E-state index in [9.17, 15) is 4.79 Å². The highest BCUT2D eigenvalue weighted by atomic mass is 35.5. The van der Waals surface area contributed by atoms with Gasteiger partial charge in [0.2, 0.25) is 5.89 Å². The highest BCUT2D eigenvalue weighted by Crippen LogP contribution is 2.31. The fourth-order valence-electron chi connectivity index (χ4n) is 3.73. The molecule has 1 atom stereocenters. The molecule has 3 aromatic carbocycles. The minimum atomic E-state index is -0.332. The minimum Gasteiger partial charge on any atom is -0.494 e. The number of aromatic nitrogens is 1. The van der Waals surface area contributed by atoms with Gasteiger partial charge in [0, 0.05) is 11.1 Å². The lowest BCUT2D eigenvalue weighted by molar-refractivity contribution is 0.0977. The van der Waals surface area contributed by atoms with Gasteiger partial charge in [-0.05, 0) is 91.1 Å². The predicted molar refractivity (Wildman–Crippen MR) is 154 cm³/mol. The number of carbonyl (C=O) groups is 1. The van der Waals surface area contributed by atoms with E-state index < -0.39 is 0 Å². The SMILES string of the molecule is CCCCOc1ccc(C(=O)NC(=S)Nc2cc(-c3nc4cc([C@H](C)CC)ccc4o3)ccc2Cl)cc1. The fraction of sp³-hybridized carbons (Fsp3) is 0.276. The Bertz CT molecular complexity index is 1400. The van der Waals surface area contributed by atoms with Crippen LogP contribution in [0.2, 0.25) is 5.02 Å². The van der Waals surface area contributed by atoms with Gasteiger partial charge in [-0.1, -0.05) is 44.9 Å². The smallest absolute Gasteiger partial charge is 0.257 e. The number of fused-ring (bicyclic) bond motifs is 1. The van der Waals surface area contributed by atoms with Crippen molar-refractivity contribution in [2.75, 3.05) is 11.9 Å². The number of amides is 1. The van der Waals surface area contributed by atoms with Crippen LogP contribution in [0.1, 0.15) is 61.9 Å². The third-order valence-corrected chi connectivity index (χ3v) is 6.70. The molecule has 0 saturated carbocycles. The molecule has 1 amide bonds. The molecule has 6 nitrogen and oxygen atoms in total. The molecule has 0 radical (unpaired) electrons. The van der Waals surface area contributed by atoms with Gasteiger partial charge in [-0.25, -0.2) is 4.98 Å². The summed E-state index contributed by atoms with van der Waals surface area (Å²) in [6.45, 7) is 7.12. The number of unbranched alkanes of at least 4 members (excludes halogenated alkanes) is 1. The van der Waals surface area contributed by atoms with E-state index in [0.717, 1.165) is 41.7 Å². The topological polar surface area (TPSA) is 76.4 Å². The number of benzene rings is 3. The Morgan fingerprint density at radius 2 is 1.89 bits per heavy atom. The van der Waals surface area contributed by atoms with Crippen molar-refractivity contribution < 1.29 is 13.9 Å². The van der Waals surface area contributed by atoms with Crippen LogP contribution in [0.4, 0.5) is 5.69 Å². The van der Waals surface area contributed by atoms with Gasteiger partial charge >= 0.3 is 0 Å². The van der Waals surface area contributed by atoms with E-state index in [1.165, 1.54) is 5.56 Å². The molecule has 0 aliphatic heterocycles. The van der Waals surface area contributed by atoms with Crippen LogP contribution in [0.3, 0.4) is 0 Å². The highest BCUT2D eigenvalue weighted by Gasteiger charge is 2.14. The largest absolute Gasteiger partial charge is 0.494 e. The van der Waals surface area contributed by atoms with Crippen LogP contribution in [0, 0.1) is 0 Å². The lowest BCUT2D eigenvalue weighted by atomic mass is 9.98. The summed E-state index contributed by atoms with van der Waals surface area (Å²) in [7, 11) is 0. The van der Waals surface area contributed by atoms with Gasteiger partial charge in [-0.15, -0.1) is 0 Å². The van der Waals surface area contributed by atoms with Gasteiger partial charge in [-0.3, -0.25) is 10.1 Å². The normalized spacial score (nSPS) is 11.8. The number of anilines is 1. The molecule has 192 valence electrons. The average Bonchev–Trinajstić information content (AvgIpc) is 3.33. The third-order valence-electron chi connectivity index (χ3n) is 6.16. The van der Waals surface area contributed by atoms with Crippen molar-refractivity contribution in [2.45, 2.75) is 46.0 Å². The Hall–Kier alpha value is -3.42. The molecule has 4 aromatic rings. The molecular weight excluding hydrogens is 506 g/mol. The minimum absolute atomic E-state index is 0.128. The number of ether oxygens (including phenoxy) is 1. The molecule has 2 N–H and O–H groups in total. The Morgan fingerprint density at radius 3 is 2.62 bits per heavy atom. The number of hydrogen-bond acceptors (Lipinski definition) is 5. The second-order valence-corrected chi connectivity index (χ2v) is 9.70. The summed E-state index contributed by atoms with van der Waals surface area (Å²) in [6, 6.07) is 18.4. The molecule has 0 unspecified atom stereocenters. The monoisotopic (exact) mass is 535 g/mol. The first-order valence-electron chi connectivity index (χ1n) is 12.4. The van der Waals surface area contributed by atoms with Crippen molar-refractivity contribution in [3.63, 3.8) is 0 Å². The lowest BCUT2D eigenvalue weighted by Crippen LogP contribution is -2.34. The van der Waals surface area contributed by atoms with E-state index >= 15 is 0 Å². The molecule has 1 heterocycles. The number of oxazole rings is 1. The number of halogens is 1. The summed E-state index contributed by atoms with van der Waals surface area (Å²) in [5.74, 6) is 1.32. The summed E-state index contributed by atoms with van der Waals surface area (Å²) in [4.78, 5) is 17.3. The van der Waals surface area contributed by atoms with E-state index in [1.54, 1.807) is 36.4 Å². The van der Waals surface area contributed by atoms with E-state index in [0.29, 0.717) is 34.7 Å². The summed E-state index contributed by atoms with van der Waals surface area (Å²) in [5.41, 5.74) is 4.49. The molecule has 0 fully saturated rings. The molecule has 0 aliphatic rings. The third kappa shape index (κ3) is 6.67. The number of carbonyl (C=O) groups excluding carboxylic acids is 1. The zero-order chi connectivity index (χ0) is 26.4. The second-order valence-electron chi connectivity index (χ2n) is 8.88. The first-order valence-corrected chi connectivity index (χ1v) is 13.2. The van der Waals surface area contributed by atoms with E-state index in [4.69, 9.17) is 33.0 Å². The summed E-state index contributed by atoms with van der Waals surface area (Å²) >= 11 is 11.8. The number of hydrogen-bond donors (Lipinski definition) is 2. The first-order chi connectivity index (χ1) is 17.9. The first kappa shape index (κ1) is 26.6. The van der Waals surface area contributed by atoms with Gasteiger partial charge in [0.25, 0.3) is 5.91 Å². The molecular formula is C29H30ClN3O3S. The number of thiocarbonyl (C=S) groups is 1. The van der Waals surface area contributed by atoms with Gasteiger partial charge in [0.1, 0.15) is 11.3 Å². The maximum Gasteiger partial charge on any atom is 0.257 e. The maximum atomic E-state index is 12.6. The van der Waals surface area contributed by atoms with Crippen molar-refractivity contribution in [2.24, 2.45) is 0 Å². The Morgan fingerprint density at radius 1 is 1.11 bits per heavy atom. The van der Waals surface area contributed by atoms with Crippen LogP contribution in [0.5, 0.6) is 5.75 Å². The molecule has 8 heteroatoms. The van der Waals surface area contributed by atoms with Gasteiger partial charge in [-0.2, -0.15) is 0 Å². The van der Waals surface area contributed by atoms with E-state index in [2.05, 4.69) is 48.5 Å². The van der Waals surface area contributed by atoms with Crippen LogP contribution in [0.15, 0.2) is 65.1 Å². The van der Waals surface area contributed by atoms with Crippen molar-refractivity contribution >= 4 is 51.6 Å². The van der Waals surface area contributed by atoms with Crippen molar-refractivity contribution in [1.29, 1.82) is 0 Å². The van der Waals surface area contributed by atoms with Crippen molar-refractivity contribution in [1.82, 2.24) is 10.3 Å². The summed E-state index contributed by atoms with van der Waals surface area (Å²) < 4.78 is 11.6. The second kappa shape index (κ2) is 12.2. The van der Waals surface area contributed by atoms with Gasteiger partial charge < -0.3 is 14.5 Å². The van der Waals surface area contributed by atoms with Crippen LogP contribution >= 0.6 is 23.8 Å². The summed E-state index contributed by atoms with van der Waals surface area (Å²) in [5, 5.41) is 6.27. The number of nitrogens with one attached hydrogen (secondary N) is 2. The van der Waals surface area contributed by atoms with Crippen molar-refractivity contribution in [3.8, 4) is 17.2 Å². The van der Waals surface area contributed by atoms with Crippen LogP contribution in [-0.2, 0) is 0 Å². The fourth-order valence-corrected chi connectivity index (χ4v) is 4.10. The lowest BCUT2D eigenvalue weighted by Gasteiger charge is -2.12. The van der Waals surface area contributed by atoms with E-state index in [-0.39, 0.29) is 11.0 Å². The summed E-state index contributed by atoms with van der Waals surface area (Å²) in [6.07, 6.45) is 3.10. The average molecular weight is 536 g/mol. The molecule has 0 saturated heterocycles. The molecule has 37 heavy (non-hydrogen) atoms. The van der Waals surface area contributed by atoms with Crippen molar-refractivity contribution in [3.05, 3.63) is 76.8 Å². The Labute approximate surface area is 227 Å². The maximum absolute atomic E-state index is 12.6. The van der Waals surface area contributed by atoms with Crippen LogP contribution in [-0.4, -0.2) is 22.6 Å². The molecule has 0 spiro atoms. The molecule has 0 bridgehead atoms. The zero-order valence-corrected chi connectivity index (χ0v) is 22.7. The van der Waals surface area contributed by atoms with Crippen LogP contribution < -0.4 is 15.4 Å². The number of nitrogens with zero attached hydrogens (tertiary/aromatic N) is 1. The van der Waals surface area contributed by atoms with Gasteiger partial charge in [0.05, 0.1) is 17.3 Å². The number of rotatable bonds is 9. The molecule has 4 rings (SSSR count). The quantitative estimate of drug-likeness (QED) is 0.167. The Kier molecular flexibility index (Phi) is 8.79. The predicted octanol–water partition coefficient (Wildman–Crippen LogP) is 7.97. The van der Waals surface area contributed by atoms with Crippen LogP contribution in [0.25, 0.3) is 22.6 Å².